The molecule has 0 heterocycles. The van der Waals surface area contributed by atoms with Gasteiger partial charge >= 0.3 is 5.97 Å². The van der Waals surface area contributed by atoms with Gasteiger partial charge in [-0.15, -0.1) is 0 Å². The molecule has 132 valence electrons. The summed E-state index contributed by atoms with van der Waals surface area (Å²) in [4.78, 5) is 24.1. The van der Waals surface area contributed by atoms with Gasteiger partial charge < -0.3 is 20.1 Å². The number of rotatable bonds is 6. The zero-order valence-electron chi connectivity index (χ0n) is 14.3. The highest BCUT2D eigenvalue weighted by Crippen LogP contribution is 2.23. The molecule has 0 aliphatic heterocycles. The number of benzene rings is 2. The van der Waals surface area contributed by atoms with Gasteiger partial charge in [-0.2, -0.15) is 5.26 Å². The Morgan fingerprint density at radius 1 is 1.04 bits per heavy atom. The third-order valence-corrected chi connectivity index (χ3v) is 3.42. The molecule has 26 heavy (non-hydrogen) atoms. The zero-order valence-corrected chi connectivity index (χ0v) is 14.3. The monoisotopic (exact) mass is 351 g/mol. The average molecular weight is 351 g/mol. The summed E-state index contributed by atoms with van der Waals surface area (Å²) in [6.07, 6.45) is 1.27. The molecule has 0 saturated heterocycles. The summed E-state index contributed by atoms with van der Waals surface area (Å²) >= 11 is 0. The predicted octanol–water partition coefficient (Wildman–Crippen LogP) is 2.94. The fraction of sp³-hybridized carbons (Fsp3) is 0.105. The Kier molecular flexibility index (Phi) is 6.34. The minimum atomic E-state index is -0.661. The first-order valence-corrected chi connectivity index (χ1v) is 7.59. The summed E-state index contributed by atoms with van der Waals surface area (Å²) in [7, 11) is 2.77. The maximum absolute atomic E-state index is 12.4. The van der Waals surface area contributed by atoms with Crippen LogP contribution in [0.5, 0.6) is 5.75 Å². The third-order valence-electron chi connectivity index (χ3n) is 3.42. The van der Waals surface area contributed by atoms with Crippen LogP contribution in [-0.2, 0) is 9.53 Å². The van der Waals surface area contributed by atoms with Crippen LogP contribution in [0.4, 0.5) is 11.4 Å². The Morgan fingerprint density at radius 3 is 2.35 bits per heavy atom. The van der Waals surface area contributed by atoms with Crippen molar-refractivity contribution >= 4 is 23.3 Å². The van der Waals surface area contributed by atoms with Crippen LogP contribution in [0.1, 0.15) is 10.4 Å². The average Bonchev–Trinajstić information content (AvgIpc) is 2.68. The summed E-state index contributed by atoms with van der Waals surface area (Å²) in [5.74, 6) is -0.681. The fourth-order valence-electron chi connectivity index (χ4n) is 2.13. The topological polar surface area (TPSA) is 100 Å². The molecule has 7 heteroatoms. The normalized spacial score (nSPS) is 10.4. The van der Waals surface area contributed by atoms with Crippen LogP contribution in [-0.4, -0.2) is 26.1 Å². The lowest BCUT2D eigenvalue weighted by atomic mass is 10.1. The van der Waals surface area contributed by atoms with Gasteiger partial charge in [0.2, 0.25) is 0 Å². The SMILES string of the molecule is COC(=O)c1ccccc1NC(=O)/C(C#N)=C\Nc1ccccc1OC. The highest BCUT2D eigenvalue weighted by Gasteiger charge is 2.15. The Hall–Kier alpha value is -3.79. The maximum atomic E-state index is 12.4. The van der Waals surface area contributed by atoms with E-state index in [0.29, 0.717) is 11.4 Å². The Bertz CT molecular complexity index is 884. The van der Waals surface area contributed by atoms with Crippen molar-refractivity contribution in [1.82, 2.24) is 0 Å². The number of methoxy groups -OCH3 is 2. The van der Waals surface area contributed by atoms with Crippen molar-refractivity contribution in [1.29, 1.82) is 5.26 Å². The maximum Gasteiger partial charge on any atom is 0.339 e. The Labute approximate surface area is 150 Å². The quantitative estimate of drug-likeness (QED) is 0.471. The van der Waals surface area contributed by atoms with Crippen molar-refractivity contribution in [3.8, 4) is 11.8 Å². The van der Waals surface area contributed by atoms with Crippen LogP contribution < -0.4 is 15.4 Å². The highest BCUT2D eigenvalue weighted by molar-refractivity contribution is 6.09. The molecule has 7 nitrogen and oxygen atoms in total. The molecule has 0 aliphatic carbocycles. The molecule has 0 aliphatic rings. The van der Waals surface area contributed by atoms with Gasteiger partial charge in [0.25, 0.3) is 5.91 Å². The molecule has 0 radical (unpaired) electrons. The van der Waals surface area contributed by atoms with E-state index in [2.05, 4.69) is 15.4 Å². The van der Waals surface area contributed by atoms with Gasteiger partial charge in [0.1, 0.15) is 17.4 Å². The number of ether oxygens (including phenoxy) is 2. The Balaban J connectivity index is 2.20. The third kappa shape index (κ3) is 4.39. The number of carbonyl (C=O) groups is 2. The van der Waals surface area contributed by atoms with Crippen LogP contribution in [0.3, 0.4) is 0 Å². The lowest BCUT2D eigenvalue weighted by Crippen LogP contribution is -2.17. The summed E-state index contributed by atoms with van der Waals surface area (Å²) in [5.41, 5.74) is 0.877. The van der Waals surface area contributed by atoms with E-state index in [-0.39, 0.29) is 16.8 Å². The minimum absolute atomic E-state index is 0.171. The highest BCUT2D eigenvalue weighted by atomic mass is 16.5. The molecule has 0 saturated carbocycles. The van der Waals surface area contributed by atoms with Gasteiger partial charge in [-0.25, -0.2) is 4.79 Å². The second-order valence-corrected chi connectivity index (χ2v) is 5.01. The zero-order chi connectivity index (χ0) is 18.9. The molecule has 0 aromatic heterocycles. The van der Waals surface area contributed by atoms with Gasteiger partial charge in [-0.05, 0) is 24.3 Å². The van der Waals surface area contributed by atoms with Crippen molar-refractivity contribution in [3.05, 3.63) is 65.9 Å². The van der Waals surface area contributed by atoms with Gasteiger partial charge in [0.05, 0.1) is 31.2 Å². The number of anilines is 2. The van der Waals surface area contributed by atoms with E-state index >= 15 is 0 Å². The first-order valence-electron chi connectivity index (χ1n) is 7.59. The van der Waals surface area contributed by atoms with Crippen molar-refractivity contribution in [2.24, 2.45) is 0 Å². The number of carbonyl (C=O) groups excluding carboxylic acids is 2. The molecule has 2 aromatic carbocycles. The second-order valence-electron chi connectivity index (χ2n) is 5.01. The largest absolute Gasteiger partial charge is 0.495 e. The van der Waals surface area contributed by atoms with E-state index in [4.69, 9.17) is 4.74 Å². The van der Waals surface area contributed by atoms with E-state index < -0.39 is 11.9 Å². The van der Waals surface area contributed by atoms with Gasteiger partial charge in [-0.1, -0.05) is 24.3 Å². The first-order chi connectivity index (χ1) is 12.6. The van der Waals surface area contributed by atoms with E-state index in [1.165, 1.54) is 26.5 Å². The van der Waals surface area contributed by atoms with E-state index in [0.717, 1.165) is 0 Å². The van der Waals surface area contributed by atoms with Crippen molar-refractivity contribution in [3.63, 3.8) is 0 Å². The molecule has 2 aromatic rings. The van der Waals surface area contributed by atoms with Crippen LogP contribution in [0.15, 0.2) is 60.3 Å². The van der Waals surface area contributed by atoms with E-state index in [1.54, 1.807) is 42.5 Å². The lowest BCUT2D eigenvalue weighted by molar-refractivity contribution is -0.112. The standard InChI is InChI=1S/C19H17N3O4/c1-25-17-10-6-5-9-16(17)21-12-13(11-20)18(23)22-15-8-4-3-7-14(15)19(24)26-2/h3-10,12,21H,1-2H3,(H,22,23)/b13-12-. The van der Waals surface area contributed by atoms with E-state index in [9.17, 15) is 14.9 Å². The molecule has 0 unspecified atom stereocenters. The number of esters is 1. The number of hydrogen-bond acceptors (Lipinski definition) is 6. The number of hydrogen-bond donors (Lipinski definition) is 2. The Morgan fingerprint density at radius 2 is 1.69 bits per heavy atom. The van der Waals surface area contributed by atoms with Crippen molar-refractivity contribution in [2.45, 2.75) is 0 Å². The molecular weight excluding hydrogens is 334 g/mol. The lowest BCUT2D eigenvalue weighted by Gasteiger charge is -2.10. The van der Waals surface area contributed by atoms with Gasteiger partial charge in [0, 0.05) is 6.20 Å². The molecule has 0 bridgehead atoms. The first kappa shape index (κ1) is 18.5. The molecule has 0 spiro atoms. The molecule has 0 atom stereocenters. The van der Waals surface area contributed by atoms with Gasteiger partial charge in [-0.3, -0.25) is 4.79 Å². The summed E-state index contributed by atoms with van der Waals surface area (Å²) in [5, 5.41) is 14.7. The number of nitrogens with zero attached hydrogens (tertiary/aromatic N) is 1. The molecule has 2 N–H and O–H groups in total. The predicted molar refractivity (Wildman–Crippen MR) is 96.7 cm³/mol. The van der Waals surface area contributed by atoms with E-state index in [1.807, 2.05) is 6.07 Å². The fourth-order valence-corrected chi connectivity index (χ4v) is 2.13. The number of para-hydroxylation sites is 3. The van der Waals surface area contributed by atoms with Crippen LogP contribution in [0.2, 0.25) is 0 Å². The molecule has 1 amide bonds. The summed E-state index contributed by atoms with van der Waals surface area (Å²) in [6, 6.07) is 15.3. The van der Waals surface area contributed by atoms with Crippen molar-refractivity contribution in [2.75, 3.05) is 24.9 Å². The molecule has 2 rings (SSSR count). The van der Waals surface area contributed by atoms with Crippen LogP contribution in [0.25, 0.3) is 0 Å². The van der Waals surface area contributed by atoms with Crippen LogP contribution >= 0.6 is 0 Å². The van der Waals surface area contributed by atoms with Crippen LogP contribution in [0, 0.1) is 11.3 Å². The number of amides is 1. The second kappa shape index (κ2) is 8.89. The summed E-state index contributed by atoms with van der Waals surface area (Å²) in [6.45, 7) is 0. The molecule has 0 fully saturated rings. The number of nitriles is 1. The summed E-state index contributed by atoms with van der Waals surface area (Å²) < 4.78 is 9.88. The van der Waals surface area contributed by atoms with Crippen molar-refractivity contribution < 1.29 is 19.1 Å². The number of nitrogens with one attached hydrogen (secondary N) is 2. The van der Waals surface area contributed by atoms with Gasteiger partial charge in [0.15, 0.2) is 0 Å². The molecular formula is C19H17N3O4. The smallest absolute Gasteiger partial charge is 0.339 e. The minimum Gasteiger partial charge on any atom is -0.495 e.